The number of ether oxygens (including phenoxy) is 3. The molecule has 2 aliphatic rings. The maximum Gasteiger partial charge on any atom is 0.387 e. The number of nitrogens with one attached hydrogen (secondary N) is 1. The normalized spacial score (nSPS) is 17.0. The van der Waals surface area contributed by atoms with Crippen LogP contribution in [0.3, 0.4) is 0 Å². The number of nitrogens with zero attached hydrogens (tertiary/aromatic N) is 2. The predicted molar refractivity (Wildman–Crippen MR) is 118 cm³/mol. The highest BCUT2D eigenvalue weighted by atomic mass is 19.3. The number of benzene rings is 1. The summed E-state index contributed by atoms with van der Waals surface area (Å²) in [5.74, 6) is 0.394. The minimum absolute atomic E-state index is 0.0218. The van der Waals surface area contributed by atoms with E-state index in [1.54, 1.807) is 35.0 Å². The Labute approximate surface area is 193 Å². The zero-order valence-corrected chi connectivity index (χ0v) is 18.5. The van der Waals surface area contributed by atoms with E-state index in [2.05, 4.69) is 10.3 Å². The fourth-order valence-electron chi connectivity index (χ4n) is 4.03. The smallest absolute Gasteiger partial charge is 0.387 e. The number of fused-ring (bicyclic) bond motifs is 1. The summed E-state index contributed by atoms with van der Waals surface area (Å²) < 4.78 is 58.0. The van der Waals surface area contributed by atoms with Crippen LogP contribution in [0.1, 0.15) is 29.6 Å². The first-order valence-corrected chi connectivity index (χ1v) is 11.1. The number of aromatic nitrogens is 2. The van der Waals surface area contributed by atoms with Crippen molar-refractivity contribution in [1.82, 2.24) is 14.7 Å². The van der Waals surface area contributed by atoms with Crippen LogP contribution in [0.25, 0.3) is 16.9 Å². The van der Waals surface area contributed by atoms with Gasteiger partial charge in [-0.25, -0.2) is 9.37 Å². The van der Waals surface area contributed by atoms with Crippen molar-refractivity contribution in [3.63, 3.8) is 0 Å². The fraction of sp³-hybridized carbons (Fsp3) is 0.417. The van der Waals surface area contributed by atoms with E-state index in [0.717, 1.165) is 12.8 Å². The molecule has 0 unspecified atom stereocenters. The topological polar surface area (TPSA) is 74.1 Å². The number of ketones is 1. The summed E-state index contributed by atoms with van der Waals surface area (Å²) in [5, 5.41) is 2.88. The van der Waals surface area contributed by atoms with Crippen LogP contribution in [0.15, 0.2) is 36.7 Å². The molecular formula is C24H24F3N3O4. The van der Waals surface area contributed by atoms with Crippen LogP contribution in [0, 0.1) is 5.92 Å². The second kappa shape index (κ2) is 8.83. The van der Waals surface area contributed by atoms with E-state index < -0.39 is 12.3 Å². The standard InChI is InChI=1S/C24H24F3N3O4/c1-32-19-7-15(8-20(34-23(25)26)22(19)18(31)6-14-2-3-14)17-10-29-21-9-16(4-5-30(17)21)33-13-24(27)11-28-12-24/h4-5,7-10,14,23,28H,2-3,6,11-13H2,1H3. The number of alkyl halides is 3. The molecule has 7 nitrogen and oxygen atoms in total. The zero-order chi connectivity index (χ0) is 23.9. The molecule has 1 aromatic carbocycles. The molecule has 2 fully saturated rings. The molecule has 10 heteroatoms. The third-order valence-electron chi connectivity index (χ3n) is 6.11. The van der Waals surface area contributed by atoms with E-state index in [-0.39, 0.29) is 54.9 Å². The van der Waals surface area contributed by atoms with E-state index in [4.69, 9.17) is 14.2 Å². The molecule has 3 aromatic rings. The molecule has 1 saturated carbocycles. The van der Waals surface area contributed by atoms with E-state index >= 15 is 0 Å². The number of hydrogen-bond donors (Lipinski definition) is 1. The van der Waals surface area contributed by atoms with Crippen molar-refractivity contribution in [2.24, 2.45) is 5.92 Å². The van der Waals surface area contributed by atoms with Crippen LogP contribution in [-0.4, -0.2) is 54.3 Å². The Balaban J connectivity index is 1.48. The van der Waals surface area contributed by atoms with Gasteiger partial charge in [0.15, 0.2) is 11.5 Å². The summed E-state index contributed by atoms with van der Waals surface area (Å²) >= 11 is 0. The van der Waals surface area contributed by atoms with Gasteiger partial charge in [0.05, 0.1) is 19.0 Å². The molecule has 2 aromatic heterocycles. The first-order chi connectivity index (χ1) is 16.3. The first-order valence-electron chi connectivity index (χ1n) is 11.1. The molecule has 0 radical (unpaired) electrons. The van der Waals surface area contributed by atoms with Gasteiger partial charge in [0.25, 0.3) is 0 Å². The molecule has 5 rings (SSSR count). The molecule has 1 aliphatic carbocycles. The van der Waals surface area contributed by atoms with Crippen molar-refractivity contribution in [3.05, 3.63) is 42.2 Å². The molecule has 0 amide bonds. The summed E-state index contributed by atoms with van der Waals surface area (Å²) in [4.78, 5) is 17.2. The SMILES string of the molecule is COc1cc(-c2cnc3cc(OCC4(F)CNC4)ccn23)cc(OC(F)F)c1C(=O)CC1CC1. The Morgan fingerprint density at radius 3 is 2.68 bits per heavy atom. The number of carbonyl (C=O) groups is 1. The number of rotatable bonds is 10. The van der Waals surface area contributed by atoms with Crippen LogP contribution in [-0.2, 0) is 0 Å². The van der Waals surface area contributed by atoms with Crippen LogP contribution in [0.4, 0.5) is 13.2 Å². The van der Waals surface area contributed by atoms with Gasteiger partial charge in [-0.05, 0) is 37.0 Å². The molecule has 1 saturated heterocycles. The lowest BCUT2D eigenvalue weighted by molar-refractivity contribution is -0.0502. The molecule has 34 heavy (non-hydrogen) atoms. The molecule has 1 aliphatic heterocycles. The highest BCUT2D eigenvalue weighted by Crippen LogP contribution is 2.40. The summed E-state index contributed by atoms with van der Waals surface area (Å²) in [6.07, 6.45) is 5.44. The number of pyridine rings is 1. The van der Waals surface area contributed by atoms with Gasteiger partial charge in [0.2, 0.25) is 0 Å². The summed E-state index contributed by atoms with van der Waals surface area (Å²) in [5.41, 5.74) is 0.235. The van der Waals surface area contributed by atoms with Gasteiger partial charge in [0, 0.05) is 37.3 Å². The van der Waals surface area contributed by atoms with E-state index in [1.165, 1.54) is 13.2 Å². The number of halogens is 3. The van der Waals surface area contributed by atoms with Gasteiger partial charge in [-0.1, -0.05) is 0 Å². The quantitative estimate of drug-likeness (QED) is 0.441. The highest BCUT2D eigenvalue weighted by molar-refractivity contribution is 6.02. The van der Waals surface area contributed by atoms with E-state index in [0.29, 0.717) is 22.7 Å². The molecule has 180 valence electrons. The van der Waals surface area contributed by atoms with Crippen LogP contribution in [0.2, 0.25) is 0 Å². The Bertz CT molecular complexity index is 1220. The highest BCUT2D eigenvalue weighted by Gasteiger charge is 2.38. The number of methoxy groups -OCH3 is 1. The maximum absolute atomic E-state index is 14.2. The summed E-state index contributed by atoms with van der Waals surface area (Å²) in [7, 11) is 1.38. The summed E-state index contributed by atoms with van der Waals surface area (Å²) in [6, 6.07) is 6.36. The van der Waals surface area contributed by atoms with E-state index in [9.17, 15) is 18.0 Å². The second-order valence-electron chi connectivity index (χ2n) is 8.78. The van der Waals surface area contributed by atoms with Gasteiger partial charge in [0.1, 0.15) is 35.1 Å². The van der Waals surface area contributed by atoms with E-state index in [1.807, 2.05) is 0 Å². The first kappa shape index (κ1) is 22.5. The third-order valence-corrected chi connectivity index (χ3v) is 6.11. The third kappa shape index (κ3) is 4.54. The fourth-order valence-corrected chi connectivity index (χ4v) is 4.03. The van der Waals surface area contributed by atoms with Crippen molar-refractivity contribution < 1.29 is 32.2 Å². The van der Waals surface area contributed by atoms with Gasteiger partial charge in [-0.15, -0.1) is 0 Å². The lowest BCUT2D eigenvalue weighted by Gasteiger charge is -2.34. The van der Waals surface area contributed by atoms with Crippen LogP contribution < -0.4 is 19.5 Å². The van der Waals surface area contributed by atoms with Crippen molar-refractivity contribution >= 4 is 11.4 Å². The predicted octanol–water partition coefficient (Wildman–Crippen LogP) is 4.28. The Morgan fingerprint density at radius 2 is 2.03 bits per heavy atom. The number of carbonyl (C=O) groups excluding carboxylic acids is 1. The van der Waals surface area contributed by atoms with Crippen molar-refractivity contribution in [2.75, 3.05) is 26.8 Å². The molecular weight excluding hydrogens is 451 g/mol. The number of Topliss-reactive ketones (excluding diaryl/α,β-unsaturated/α-hetero) is 1. The molecule has 0 atom stereocenters. The minimum atomic E-state index is -3.10. The average molecular weight is 475 g/mol. The van der Waals surface area contributed by atoms with Gasteiger partial charge in [-0.2, -0.15) is 8.78 Å². The Hall–Kier alpha value is -3.27. The number of imidazole rings is 1. The molecule has 0 bridgehead atoms. The van der Waals surface area contributed by atoms with Crippen LogP contribution in [0.5, 0.6) is 17.2 Å². The van der Waals surface area contributed by atoms with Gasteiger partial charge < -0.3 is 19.5 Å². The molecule has 0 spiro atoms. The number of hydrogen-bond acceptors (Lipinski definition) is 6. The Kier molecular flexibility index (Phi) is 5.85. The maximum atomic E-state index is 14.2. The largest absolute Gasteiger partial charge is 0.496 e. The van der Waals surface area contributed by atoms with Crippen molar-refractivity contribution in [1.29, 1.82) is 0 Å². The van der Waals surface area contributed by atoms with Gasteiger partial charge >= 0.3 is 6.61 Å². The van der Waals surface area contributed by atoms with Crippen LogP contribution >= 0.6 is 0 Å². The van der Waals surface area contributed by atoms with Crippen molar-refractivity contribution in [2.45, 2.75) is 31.5 Å². The zero-order valence-electron chi connectivity index (χ0n) is 18.5. The minimum Gasteiger partial charge on any atom is -0.496 e. The summed E-state index contributed by atoms with van der Waals surface area (Å²) in [6.45, 7) is -2.65. The lowest BCUT2D eigenvalue weighted by atomic mass is 10.00. The molecule has 3 heterocycles. The lowest BCUT2D eigenvalue weighted by Crippen LogP contribution is -2.59. The molecule has 1 N–H and O–H groups in total. The second-order valence-corrected chi connectivity index (χ2v) is 8.78. The van der Waals surface area contributed by atoms with Crippen molar-refractivity contribution in [3.8, 4) is 28.5 Å². The van der Waals surface area contributed by atoms with Gasteiger partial charge in [-0.3, -0.25) is 9.20 Å². The average Bonchev–Trinajstić information content (AvgIpc) is 3.50. The monoisotopic (exact) mass is 475 g/mol. The Morgan fingerprint density at radius 1 is 1.26 bits per heavy atom.